The van der Waals surface area contributed by atoms with Crippen molar-refractivity contribution >= 4 is 44.0 Å². The molecule has 108 valence electrons. The fraction of sp³-hybridized carbons (Fsp3) is 0.0625. The summed E-state index contributed by atoms with van der Waals surface area (Å²) in [5.74, 6) is 0. The molecule has 0 fully saturated rings. The van der Waals surface area contributed by atoms with Gasteiger partial charge in [0, 0.05) is 21.7 Å². The maximum atomic E-state index is 11.7. The van der Waals surface area contributed by atoms with Crippen LogP contribution in [0.2, 0.25) is 0 Å². The molecular weight excluding hydrogens is 396 g/mol. The van der Waals surface area contributed by atoms with Crippen LogP contribution >= 0.6 is 31.9 Å². The molecule has 0 atom stereocenters. The molecule has 0 spiro atoms. The summed E-state index contributed by atoms with van der Waals surface area (Å²) in [6.45, 7) is 0.472. The van der Waals surface area contributed by atoms with Gasteiger partial charge in [0.1, 0.15) is 0 Å². The third kappa shape index (κ3) is 5.36. The van der Waals surface area contributed by atoms with Gasteiger partial charge in [-0.25, -0.2) is 4.79 Å². The molecule has 3 nitrogen and oxygen atoms in total. The van der Waals surface area contributed by atoms with Crippen molar-refractivity contribution in [3.8, 4) is 0 Å². The molecule has 2 N–H and O–H groups in total. The third-order valence-electron chi connectivity index (χ3n) is 2.76. The Labute approximate surface area is 140 Å². The van der Waals surface area contributed by atoms with Gasteiger partial charge in [0.2, 0.25) is 0 Å². The first-order valence-electron chi connectivity index (χ1n) is 6.35. The Morgan fingerprint density at radius 2 is 1.76 bits per heavy atom. The zero-order chi connectivity index (χ0) is 15.1. The van der Waals surface area contributed by atoms with Crippen LogP contribution in [0.1, 0.15) is 11.1 Å². The van der Waals surface area contributed by atoms with E-state index in [1.165, 1.54) is 0 Å². The number of rotatable bonds is 4. The van der Waals surface area contributed by atoms with Crippen LogP contribution in [0.4, 0.5) is 4.79 Å². The van der Waals surface area contributed by atoms with Crippen LogP contribution < -0.4 is 10.6 Å². The second-order valence-corrected chi connectivity index (χ2v) is 6.07. The third-order valence-corrected chi connectivity index (χ3v) is 4.06. The molecule has 2 amide bonds. The standard InChI is InChI=1S/C16H14Br2N2O/c17-14-7-5-12(6-8-14)9-10-19-16(21)20-11-13-3-1-2-4-15(13)18/h1-10H,11H2,(H2,19,20,21)/b10-9+. The minimum absolute atomic E-state index is 0.237. The molecule has 0 aromatic heterocycles. The molecule has 0 saturated heterocycles. The van der Waals surface area contributed by atoms with E-state index in [2.05, 4.69) is 42.5 Å². The Morgan fingerprint density at radius 3 is 2.48 bits per heavy atom. The zero-order valence-electron chi connectivity index (χ0n) is 11.1. The lowest BCUT2D eigenvalue weighted by atomic mass is 10.2. The van der Waals surface area contributed by atoms with Gasteiger partial charge in [0.25, 0.3) is 0 Å². The van der Waals surface area contributed by atoms with Crippen LogP contribution in [0.25, 0.3) is 6.08 Å². The Balaban J connectivity index is 1.80. The van der Waals surface area contributed by atoms with E-state index in [1.54, 1.807) is 6.20 Å². The number of carbonyl (C=O) groups excluding carboxylic acids is 1. The Morgan fingerprint density at radius 1 is 1.05 bits per heavy atom. The van der Waals surface area contributed by atoms with E-state index in [0.29, 0.717) is 6.54 Å². The predicted molar refractivity (Wildman–Crippen MR) is 92.7 cm³/mol. The van der Waals surface area contributed by atoms with E-state index in [4.69, 9.17) is 0 Å². The van der Waals surface area contributed by atoms with Crippen molar-refractivity contribution < 1.29 is 4.79 Å². The van der Waals surface area contributed by atoms with Crippen LogP contribution in [0.15, 0.2) is 63.7 Å². The fourth-order valence-electron chi connectivity index (χ4n) is 1.66. The van der Waals surface area contributed by atoms with Crippen molar-refractivity contribution in [3.63, 3.8) is 0 Å². The molecule has 2 aromatic rings. The quantitative estimate of drug-likeness (QED) is 0.756. The lowest BCUT2D eigenvalue weighted by Gasteiger charge is -2.06. The minimum atomic E-state index is -0.237. The Hall–Kier alpha value is -1.59. The van der Waals surface area contributed by atoms with Crippen LogP contribution in [0.3, 0.4) is 0 Å². The maximum Gasteiger partial charge on any atom is 0.319 e. The lowest BCUT2D eigenvalue weighted by Crippen LogP contribution is -2.31. The summed E-state index contributed by atoms with van der Waals surface area (Å²) in [7, 11) is 0. The molecule has 0 heterocycles. The van der Waals surface area contributed by atoms with Crippen LogP contribution in [0.5, 0.6) is 0 Å². The number of nitrogens with one attached hydrogen (secondary N) is 2. The monoisotopic (exact) mass is 408 g/mol. The van der Waals surface area contributed by atoms with Crippen LogP contribution in [0, 0.1) is 0 Å². The molecule has 2 rings (SSSR count). The summed E-state index contributed by atoms with van der Waals surface area (Å²) in [4.78, 5) is 11.7. The molecule has 0 radical (unpaired) electrons. The van der Waals surface area contributed by atoms with E-state index in [-0.39, 0.29) is 6.03 Å². The number of amides is 2. The second kappa shape index (κ2) is 8.00. The van der Waals surface area contributed by atoms with Gasteiger partial charge >= 0.3 is 6.03 Å². The first-order chi connectivity index (χ1) is 10.1. The second-order valence-electron chi connectivity index (χ2n) is 4.30. The maximum absolute atomic E-state index is 11.7. The van der Waals surface area contributed by atoms with E-state index in [1.807, 2.05) is 54.6 Å². The highest BCUT2D eigenvalue weighted by molar-refractivity contribution is 9.10. The van der Waals surface area contributed by atoms with Gasteiger partial charge in [-0.2, -0.15) is 0 Å². The van der Waals surface area contributed by atoms with Crippen molar-refractivity contribution in [3.05, 3.63) is 74.8 Å². The van der Waals surface area contributed by atoms with Gasteiger partial charge in [-0.3, -0.25) is 0 Å². The van der Waals surface area contributed by atoms with E-state index >= 15 is 0 Å². The number of carbonyl (C=O) groups is 1. The van der Waals surface area contributed by atoms with Crippen LogP contribution in [-0.2, 0) is 6.54 Å². The summed E-state index contributed by atoms with van der Waals surface area (Å²) in [6.07, 6.45) is 3.46. The molecule has 0 bridgehead atoms. The van der Waals surface area contributed by atoms with Gasteiger partial charge in [0.15, 0.2) is 0 Å². The first-order valence-corrected chi connectivity index (χ1v) is 7.93. The predicted octanol–water partition coefficient (Wildman–Crippen LogP) is 4.68. The Kier molecular flexibility index (Phi) is 6.02. The van der Waals surface area contributed by atoms with Gasteiger partial charge in [0.05, 0.1) is 0 Å². The summed E-state index contributed by atoms with van der Waals surface area (Å²) >= 11 is 6.82. The normalized spacial score (nSPS) is 10.6. The van der Waals surface area contributed by atoms with Gasteiger partial charge in [-0.05, 0) is 35.4 Å². The summed E-state index contributed by atoms with van der Waals surface area (Å²) < 4.78 is 2.01. The lowest BCUT2D eigenvalue weighted by molar-refractivity contribution is 0.244. The van der Waals surface area contributed by atoms with E-state index in [9.17, 15) is 4.79 Å². The highest BCUT2D eigenvalue weighted by Gasteiger charge is 2.00. The molecule has 0 unspecified atom stereocenters. The molecule has 21 heavy (non-hydrogen) atoms. The molecule has 2 aromatic carbocycles. The minimum Gasteiger partial charge on any atom is -0.334 e. The number of urea groups is 1. The number of hydrogen-bond donors (Lipinski definition) is 2. The van der Waals surface area contributed by atoms with Gasteiger partial charge in [-0.15, -0.1) is 0 Å². The van der Waals surface area contributed by atoms with Crippen molar-refractivity contribution in [2.75, 3.05) is 0 Å². The number of benzene rings is 2. The van der Waals surface area contributed by atoms with Gasteiger partial charge < -0.3 is 10.6 Å². The number of hydrogen-bond acceptors (Lipinski definition) is 1. The van der Waals surface area contributed by atoms with Crippen molar-refractivity contribution in [1.29, 1.82) is 0 Å². The SMILES string of the molecule is O=C(N/C=C/c1ccc(Br)cc1)NCc1ccccc1Br. The van der Waals surface area contributed by atoms with E-state index < -0.39 is 0 Å². The summed E-state index contributed by atoms with van der Waals surface area (Å²) in [6, 6.07) is 15.4. The van der Waals surface area contributed by atoms with Crippen molar-refractivity contribution in [2.45, 2.75) is 6.54 Å². The number of halogens is 2. The summed E-state index contributed by atoms with van der Waals surface area (Å²) in [5.41, 5.74) is 2.05. The fourth-order valence-corrected chi connectivity index (χ4v) is 2.35. The average molecular weight is 410 g/mol. The molecule has 0 saturated carbocycles. The first kappa shape index (κ1) is 15.8. The molecule has 5 heteroatoms. The summed E-state index contributed by atoms with van der Waals surface area (Å²) in [5, 5.41) is 5.47. The Bertz CT molecular complexity index is 639. The topological polar surface area (TPSA) is 41.1 Å². The van der Waals surface area contributed by atoms with Crippen molar-refractivity contribution in [1.82, 2.24) is 10.6 Å². The van der Waals surface area contributed by atoms with Crippen LogP contribution in [-0.4, -0.2) is 6.03 Å². The van der Waals surface area contributed by atoms with Crippen molar-refractivity contribution in [2.24, 2.45) is 0 Å². The average Bonchev–Trinajstić information content (AvgIpc) is 2.48. The molecule has 0 aliphatic rings. The van der Waals surface area contributed by atoms with Gasteiger partial charge in [-0.1, -0.05) is 62.2 Å². The molecule has 0 aliphatic carbocycles. The zero-order valence-corrected chi connectivity index (χ0v) is 14.3. The highest BCUT2D eigenvalue weighted by Crippen LogP contribution is 2.15. The molecular formula is C16H14Br2N2O. The highest BCUT2D eigenvalue weighted by atomic mass is 79.9. The largest absolute Gasteiger partial charge is 0.334 e. The molecule has 0 aliphatic heterocycles. The smallest absolute Gasteiger partial charge is 0.319 e. The van der Waals surface area contributed by atoms with E-state index in [0.717, 1.165) is 20.1 Å².